The molecule has 2 aromatic rings. The van der Waals surface area contributed by atoms with Crippen molar-refractivity contribution in [2.24, 2.45) is 0 Å². The molecular formula is C6H5BN4O. The van der Waals surface area contributed by atoms with Crippen LogP contribution in [0.2, 0.25) is 0 Å². The van der Waals surface area contributed by atoms with E-state index in [1.54, 1.807) is 10.6 Å². The van der Waals surface area contributed by atoms with Gasteiger partial charge in [0.15, 0.2) is 5.52 Å². The molecule has 2 radical (unpaired) electrons. The molecule has 0 saturated carbocycles. The zero-order valence-corrected chi connectivity index (χ0v) is 6.11. The number of imidazole rings is 1. The summed E-state index contributed by atoms with van der Waals surface area (Å²) >= 11 is 0. The Morgan fingerprint density at radius 3 is 3.25 bits per heavy atom. The lowest BCUT2D eigenvalue weighted by atomic mass is 10.4. The summed E-state index contributed by atoms with van der Waals surface area (Å²) in [5.74, 6) is 0.372. The van der Waals surface area contributed by atoms with Crippen molar-refractivity contribution in [1.29, 1.82) is 0 Å². The van der Waals surface area contributed by atoms with Crippen LogP contribution in [0.4, 0.5) is 5.82 Å². The molecule has 0 unspecified atom stereocenters. The Balaban J connectivity index is 2.92. The highest BCUT2D eigenvalue weighted by Crippen LogP contribution is 2.07. The molecule has 5 nitrogen and oxygen atoms in total. The van der Waals surface area contributed by atoms with Crippen LogP contribution in [0.15, 0.2) is 23.5 Å². The van der Waals surface area contributed by atoms with Crippen LogP contribution < -0.4 is 10.8 Å². The summed E-state index contributed by atoms with van der Waals surface area (Å²) in [5, 5.41) is 2.34. The Kier molecular flexibility index (Phi) is 1.39. The summed E-state index contributed by atoms with van der Waals surface area (Å²) < 4.78 is 1.59. The minimum atomic E-state index is -0.219. The van der Waals surface area contributed by atoms with Crippen molar-refractivity contribution in [2.45, 2.75) is 0 Å². The van der Waals surface area contributed by atoms with Crippen molar-refractivity contribution in [3.8, 4) is 0 Å². The Morgan fingerprint density at radius 2 is 2.50 bits per heavy atom. The maximum Gasteiger partial charge on any atom is 0.276 e. The second kappa shape index (κ2) is 2.40. The van der Waals surface area contributed by atoms with Gasteiger partial charge in [-0.05, 0) is 0 Å². The number of fused-ring (bicyclic) bond motifs is 1. The average Bonchev–Trinajstić information content (AvgIpc) is 2.49. The Labute approximate surface area is 68.9 Å². The number of hydrogen-bond donors (Lipinski definition) is 2. The first-order chi connectivity index (χ1) is 5.83. The van der Waals surface area contributed by atoms with E-state index in [9.17, 15) is 4.79 Å². The molecule has 0 bridgehead atoms. The topological polar surface area (TPSA) is 62.2 Å². The largest absolute Gasteiger partial charge is 0.421 e. The van der Waals surface area contributed by atoms with Crippen LogP contribution in [0, 0.1) is 0 Å². The van der Waals surface area contributed by atoms with E-state index < -0.39 is 0 Å². The summed E-state index contributed by atoms with van der Waals surface area (Å²) in [4.78, 5) is 17.6. The van der Waals surface area contributed by atoms with E-state index in [-0.39, 0.29) is 5.56 Å². The van der Waals surface area contributed by atoms with Gasteiger partial charge in [-0.15, -0.1) is 0 Å². The highest BCUT2D eigenvalue weighted by molar-refractivity contribution is 6.16. The van der Waals surface area contributed by atoms with Crippen molar-refractivity contribution in [3.05, 3.63) is 29.1 Å². The van der Waals surface area contributed by atoms with E-state index in [1.807, 2.05) is 0 Å². The number of anilines is 1. The highest BCUT2D eigenvalue weighted by Gasteiger charge is 2.04. The molecule has 2 N–H and O–H groups in total. The highest BCUT2D eigenvalue weighted by atomic mass is 16.1. The Hall–Kier alpha value is -1.72. The number of H-pyrrole nitrogens is 1. The summed E-state index contributed by atoms with van der Waals surface area (Å²) in [6, 6.07) is 0. The molecular weight excluding hydrogens is 155 g/mol. The van der Waals surface area contributed by atoms with Crippen molar-refractivity contribution < 1.29 is 0 Å². The third-order valence-corrected chi connectivity index (χ3v) is 1.60. The van der Waals surface area contributed by atoms with Gasteiger partial charge in [0.25, 0.3) is 5.56 Å². The fraction of sp³-hybridized carbons (Fsp3) is 0. The molecule has 12 heavy (non-hydrogen) atoms. The van der Waals surface area contributed by atoms with E-state index in [0.717, 1.165) is 0 Å². The van der Waals surface area contributed by atoms with Crippen molar-refractivity contribution in [3.63, 3.8) is 0 Å². The molecule has 0 fully saturated rings. The molecule has 0 amide bonds. The Bertz CT molecular complexity index is 460. The van der Waals surface area contributed by atoms with Gasteiger partial charge in [-0.25, -0.2) is 4.98 Å². The van der Waals surface area contributed by atoms with Crippen LogP contribution >= 0.6 is 0 Å². The van der Waals surface area contributed by atoms with Crippen LogP contribution in [-0.2, 0) is 0 Å². The van der Waals surface area contributed by atoms with Crippen LogP contribution in [0.1, 0.15) is 0 Å². The standard InChI is InChI=1S/C6H5BN4O/c7-10-5-4-6(12)8-1-2-11(4)3-9-5/h1-3,10H,(H,8,12). The molecule has 6 heteroatoms. The van der Waals surface area contributed by atoms with Gasteiger partial charge < -0.3 is 10.2 Å². The molecule has 0 aromatic carbocycles. The molecule has 0 spiro atoms. The normalized spacial score (nSPS) is 10.3. The molecule has 2 aromatic heterocycles. The number of rotatable bonds is 1. The third-order valence-electron chi connectivity index (χ3n) is 1.60. The van der Waals surface area contributed by atoms with Crippen LogP contribution in [0.3, 0.4) is 0 Å². The SMILES string of the molecule is [B]Nc1ncn2cc[nH]c(=O)c12. The van der Waals surface area contributed by atoms with E-state index in [0.29, 0.717) is 11.3 Å². The molecule has 0 aliphatic carbocycles. The smallest absolute Gasteiger partial charge is 0.276 e. The summed E-state index contributed by atoms with van der Waals surface area (Å²) in [5.41, 5.74) is 0.197. The van der Waals surface area contributed by atoms with Crippen LogP contribution in [0.25, 0.3) is 5.52 Å². The zero-order chi connectivity index (χ0) is 8.55. The second-order valence-corrected chi connectivity index (χ2v) is 2.28. The monoisotopic (exact) mass is 160 g/mol. The van der Waals surface area contributed by atoms with E-state index in [1.165, 1.54) is 12.5 Å². The molecule has 2 heterocycles. The number of nitrogens with one attached hydrogen (secondary N) is 2. The first kappa shape index (κ1) is 6.96. The van der Waals surface area contributed by atoms with Crippen molar-refractivity contribution in [2.75, 3.05) is 5.23 Å². The van der Waals surface area contributed by atoms with Crippen molar-refractivity contribution >= 4 is 19.3 Å². The lowest BCUT2D eigenvalue weighted by molar-refractivity contribution is 1.09. The molecule has 58 valence electrons. The number of hydrogen-bond acceptors (Lipinski definition) is 3. The van der Waals surface area contributed by atoms with Gasteiger partial charge in [0.1, 0.15) is 12.1 Å². The van der Waals surface area contributed by atoms with Crippen molar-refractivity contribution in [1.82, 2.24) is 14.4 Å². The van der Waals surface area contributed by atoms with E-state index >= 15 is 0 Å². The van der Waals surface area contributed by atoms with Gasteiger partial charge in [0.05, 0.1) is 0 Å². The molecule has 0 aliphatic rings. The summed E-state index contributed by atoms with van der Waals surface area (Å²) in [6.45, 7) is 0. The maximum absolute atomic E-state index is 11.2. The van der Waals surface area contributed by atoms with E-state index in [2.05, 4.69) is 15.2 Å². The predicted octanol–water partition coefficient (Wildman–Crippen LogP) is -0.482. The van der Waals surface area contributed by atoms with E-state index in [4.69, 9.17) is 7.98 Å². The first-order valence-electron chi connectivity index (χ1n) is 3.34. The van der Waals surface area contributed by atoms with Gasteiger partial charge in [-0.2, -0.15) is 0 Å². The van der Waals surface area contributed by atoms with Gasteiger partial charge >= 0.3 is 0 Å². The zero-order valence-electron chi connectivity index (χ0n) is 6.11. The molecule has 0 atom stereocenters. The molecule has 0 saturated heterocycles. The van der Waals surface area contributed by atoms with Gasteiger partial charge in [0, 0.05) is 12.4 Å². The van der Waals surface area contributed by atoms with Gasteiger partial charge in [-0.3, -0.25) is 9.20 Å². The summed E-state index contributed by atoms with van der Waals surface area (Å²) in [6.07, 6.45) is 4.74. The minimum absolute atomic E-state index is 0.219. The number of aromatic amines is 1. The summed E-state index contributed by atoms with van der Waals surface area (Å²) in [7, 11) is 5.15. The second-order valence-electron chi connectivity index (χ2n) is 2.28. The molecule has 0 aliphatic heterocycles. The first-order valence-corrected chi connectivity index (χ1v) is 3.34. The Morgan fingerprint density at radius 1 is 1.67 bits per heavy atom. The third kappa shape index (κ3) is 0.811. The number of nitrogens with zero attached hydrogens (tertiary/aromatic N) is 2. The fourth-order valence-electron chi connectivity index (χ4n) is 1.07. The lowest BCUT2D eigenvalue weighted by Gasteiger charge is -1.93. The number of aromatic nitrogens is 3. The fourth-order valence-corrected chi connectivity index (χ4v) is 1.07. The van der Waals surface area contributed by atoms with Crippen LogP contribution in [-0.4, -0.2) is 22.3 Å². The van der Waals surface area contributed by atoms with Gasteiger partial charge in [-0.1, -0.05) is 0 Å². The molecule has 2 rings (SSSR count). The average molecular weight is 160 g/mol. The van der Waals surface area contributed by atoms with Crippen LogP contribution in [0.5, 0.6) is 0 Å². The predicted molar refractivity (Wildman–Crippen MR) is 45.2 cm³/mol. The maximum atomic E-state index is 11.2. The quantitative estimate of drug-likeness (QED) is 0.553. The van der Waals surface area contributed by atoms with Gasteiger partial charge in [0.2, 0.25) is 7.98 Å². The minimum Gasteiger partial charge on any atom is -0.421 e. The lowest BCUT2D eigenvalue weighted by Crippen LogP contribution is -2.09.